The van der Waals surface area contributed by atoms with Crippen molar-refractivity contribution in [1.29, 1.82) is 0 Å². The van der Waals surface area contributed by atoms with E-state index in [1.807, 2.05) is 0 Å². The van der Waals surface area contributed by atoms with E-state index in [1.165, 1.54) is 0 Å². The van der Waals surface area contributed by atoms with Crippen molar-refractivity contribution in [3.63, 3.8) is 0 Å². The molecule has 0 amide bonds. The van der Waals surface area contributed by atoms with Gasteiger partial charge in [-0.05, 0) is 79.7 Å². The molecule has 0 radical (unpaired) electrons. The number of aryl methyl sites for hydroxylation is 1. The van der Waals surface area contributed by atoms with Crippen LogP contribution in [-0.2, 0) is 6.50 Å². The molecule has 0 atom stereocenters. The lowest BCUT2D eigenvalue weighted by molar-refractivity contribution is 0.248. The van der Waals surface area contributed by atoms with Crippen LogP contribution in [0.15, 0.2) is 107 Å². The van der Waals surface area contributed by atoms with Crippen molar-refractivity contribution in [1.82, 2.24) is 38.6 Å². The van der Waals surface area contributed by atoms with E-state index in [4.69, 9.17) is 95.1 Å². The number of halogens is 3. The van der Waals surface area contributed by atoms with Crippen LogP contribution in [0.3, 0.4) is 0 Å². The summed E-state index contributed by atoms with van der Waals surface area (Å²) in [5.74, 6) is -3.61. The minimum absolute atomic E-state index is 0.0963. The second kappa shape index (κ2) is 19.1. The van der Waals surface area contributed by atoms with Gasteiger partial charge in [0.1, 0.15) is 0 Å². The highest BCUT2D eigenvalue weighted by molar-refractivity contribution is 6.31. The largest absolute Gasteiger partial charge is 0.369 e. The number of benzene rings is 2. The normalized spacial score (nSPS) is 36.5. The predicted molar refractivity (Wildman–Crippen MR) is 215 cm³/mol. The Balaban J connectivity index is 0.000000263. The number of nitrogens with one attached hydrogen (secondary N) is 1. The lowest BCUT2D eigenvalue weighted by atomic mass is 10.2. The average Bonchev–Trinajstić information content (AvgIpc) is 1.17. The summed E-state index contributed by atoms with van der Waals surface area (Å²) >= 11 is 17.0. The number of nitrogens with zero attached hydrogens (tertiary/aromatic N) is 9. The standard InChI is InChI=1S/C19H22ClN5O.C13H18Cl2N2.C6H5N3O/c20-16-5-3-6-17(15-16)23-13-11-22(12-14-23)8-4-10-25-19(26)24-9-2-1-7-18(24)21-25;14-5-2-6-16-7-9-17(10-8-16)13-4-1-3-12(15)11-13;10-6-8-7-5-3-1-2-4-9(5)6/h1-3,5-7,9,15H,4,8,10-14H2;1,3-4,11H,2,5-10H2;1-4H,(H,8,10)/i1D,2D,3D,4D2,5D,6D,7D,8D2,9D,10D2,11D2,12D2,13D2,14D2,15D;1D,2D2,3D,4D,5D2,6D2,7D2,8D2,9D2,10D2,11D;1D,2D,3D,4D. The first kappa shape index (κ1) is 11.6. The molecule has 53 heavy (non-hydrogen) atoms. The summed E-state index contributed by atoms with van der Waals surface area (Å²) in [6.45, 7) is -45.6. The summed E-state index contributed by atoms with van der Waals surface area (Å²) in [5, 5.41) is 7.20. The van der Waals surface area contributed by atoms with Gasteiger partial charge in [0.25, 0.3) is 0 Å². The van der Waals surface area contributed by atoms with E-state index in [1.54, 1.807) is 0 Å². The summed E-state index contributed by atoms with van der Waals surface area (Å²) in [5.41, 5.74) is -6.03. The first-order valence-corrected chi connectivity index (χ1v) is 14.7. The third kappa shape index (κ3) is 10.6. The predicted octanol–water partition coefficient (Wildman–Crippen LogP) is 5.48. The number of aromatic amines is 1. The van der Waals surface area contributed by atoms with E-state index in [-0.39, 0.29) is 21.0 Å². The van der Waals surface area contributed by atoms with Gasteiger partial charge in [0, 0.05) is 129 Å². The zero-order valence-corrected chi connectivity index (χ0v) is 27.7. The Kier molecular flexibility index (Phi) is 4.18. The summed E-state index contributed by atoms with van der Waals surface area (Å²) in [6, 6.07) is -12.7. The number of aromatic nitrogens is 6. The van der Waals surface area contributed by atoms with Crippen LogP contribution in [0.4, 0.5) is 11.4 Å². The first-order valence-electron chi connectivity index (χ1n) is 35.6. The van der Waals surface area contributed by atoms with Gasteiger partial charge in [0.05, 0.1) is 35.6 Å². The van der Waals surface area contributed by atoms with Gasteiger partial charge in [-0.2, -0.15) is 5.10 Å². The number of rotatable bonds is 9. The third-order valence-corrected chi connectivity index (χ3v) is 5.98. The lowest BCUT2D eigenvalue weighted by Gasteiger charge is -2.36. The number of alkyl halides is 1. The zero-order valence-electron chi connectivity index (χ0n) is 69.5. The van der Waals surface area contributed by atoms with E-state index >= 15 is 0 Å². The highest BCUT2D eigenvalue weighted by Gasteiger charge is 2.18. The molecule has 2 aliphatic rings. The molecule has 15 heteroatoms. The molecular formula is C38H45Cl3N10O2. The van der Waals surface area contributed by atoms with Gasteiger partial charge in [-0.15, -0.1) is 16.7 Å². The lowest BCUT2D eigenvalue weighted by Crippen LogP contribution is -2.46. The Labute approximate surface area is 385 Å². The van der Waals surface area contributed by atoms with Gasteiger partial charge in [0.2, 0.25) is 0 Å². The maximum atomic E-state index is 13.2. The molecule has 6 aromatic rings. The minimum atomic E-state index is -4.53. The van der Waals surface area contributed by atoms with E-state index < -0.39 is 239 Å². The van der Waals surface area contributed by atoms with Crippen LogP contribution in [0.5, 0.6) is 0 Å². The van der Waals surface area contributed by atoms with E-state index in [9.17, 15) is 9.59 Å². The van der Waals surface area contributed by atoms with Crippen molar-refractivity contribution in [2.45, 2.75) is 19.2 Å². The molecule has 2 saturated heterocycles. The minimum Gasteiger partial charge on any atom is -0.369 e. The second-order valence-electron chi connectivity index (χ2n) is 8.76. The Bertz CT molecular complexity index is 4220. The van der Waals surface area contributed by atoms with Crippen molar-refractivity contribution in [2.24, 2.45) is 0 Å². The average molecular weight is 824 g/mol. The SMILES string of the molecule is [2H]c1c([2H])c(Cl)c([2H])c(N2C([2H])([2H])C([2H])([2H])N(C([2H])([2H])C([2H])([2H])C([2H])([2H])Cl)C([2H])([2H])C2([2H])[2H])c1[2H].[2H]c1c([2H])c(Cl)c([2H])c(N2C([2H])([2H])C([2H])([2H])N(C([2H])([2H])C([2H])([2H])C([2H])([2H])n3nc4c([2H])c([2H])c([2H])c([2H])n4c3=O)C([2H])([2H])C2([2H])[2H])c1[2H].[2H]c1c([2H])c([2H])n2c(=O)[nH]nc2c1[2H]. The van der Waals surface area contributed by atoms with Gasteiger partial charge in [-0.1, -0.05) is 47.4 Å². The molecule has 2 aromatic carbocycles. The van der Waals surface area contributed by atoms with Crippen molar-refractivity contribution in [3.8, 4) is 0 Å². The fourth-order valence-corrected chi connectivity index (χ4v) is 3.67. The summed E-state index contributed by atoms with van der Waals surface area (Å²) in [7, 11) is 0. The number of pyridine rings is 2. The molecule has 0 saturated carbocycles. The van der Waals surface area contributed by atoms with Crippen LogP contribution in [0.1, 0.15) is 73.1 Å². The van der Waals surface area contributed by atoms with Crippen LogP contribution in [0.25, 0.3) is 11.3 Å². The number of hydrogen-bond donors (Lipinski definition) is 1. The van der Waals surface area contributed by atoms with Gasteiger partial charge in [-0.25, -0.2) is 19.4 Å². The van der Waals surface area contributed by atoms with Gasteiger partial charge < -0.3 is 9.80 Å². The van der Waals surface area contributed by atoms with Gasteiger partial charge in [0.15, 0.2) is 11.3 Å². The number of anilines is 2. The second-order valence-corrected chi connectivity index (χ2v) is 9.70. The fraction of sp³-hybridized carbons (Fsp3) is 0.368. The topological polar surface area (TPSA) is 102 Å². The molecule has 0 spiro atoms. The molecular weight excluding hydrogens is 735 g/mol. The quantitative estimate of drug-likeness (QED) is 0.192. The molecule has 0 unspecified atom stereocenters. The summed E-state index contributed by atoms with van der Waals surface area (Å²) in [4.78, 5) is 21.8. The van der Waals surface area contributed by atoms with Crippen LogP contribution < -0.4 is 21.2 Å². The Morgan fingerprint density at radius 3 is 1.81 bits per heavy atom. The van der Waals surface area contributed by atoms with E-state index in [0.29, 0.717) is 0 Å². The van der Waals surface area contributed by atoms with E-state index in [2.05, 4.69) is 15.3 Å². The molecule has 1 N–H and O–H groups in total. The Hall–Kier alpha value is -4.33. The number of fused-ring (bicyclic) bond motifs is 2. The third-order valence-electron chi connectivity index (χ3n) is 5.51. The van der Waals surface area contributed by atoms with Crippen molar-refractivity contribution < 1.29 is 60.3 Å². The molecule has 2 aliphatic heterocycles. The fourth-order valence-electron chi connectivity index (χ4n) is 3.35. The number of hydrogen-bond acceptors (Lipinski definition) is 8. The van der Waals surface area contributed by atoms with Crippen molar-refractivity contribution in [2.75, 3.05) is 80.6 Å². The molecule has 2 fully saturated rings. The maximum absolute atomic E-state index is 13.2. The monoisotopic (exact) mass is 823 g/mol. The molecule has 4 aromatic heterocycles. The Morgan fingerprint density at radius 1 is 0.679 bits per heavy atom. The van der Waals surface area contributed by atoms with Crippen molar-refractivity contribution >= 4 is 57.5 Å². The smallest absolute Gasteiger partial charge is 0.350 e. The summed E-state index contributed by atoms with van der Waals surface area (Å²) in [6.07, 6.45) is -9.92. The van der Waals surface area contributed by atoms with Crippen LogP contribution in [-0.4, -0.2) is 109 Å². The molecule has 0 bridgehead atoms. The molecule has 8 rings (SSSR count). The highest BCUT2D eigenvalue weighted by Crippen LogP contribution is 2.22. The van der Waals surface area contributed by atoms with Gasteiger partial charge >= 0.3 is 11.4 Å². The van der Waals surface area contributed by atoms with Crippen LogP contribution >= 0.6 is 34.8 Å². The number of piperazine rings is 2. The maximum Gasteiger partial charge on any atom is 0.350 e. The first-order chi connectivity index (χ1) is 43.0. The van der Waals surface area contributed by atoms with E-state index in [0.717, 1.165) is 4.40 Å². The Morgan fingerprint density at radius 2 is 1.23 bits per heavy atom. The highest BCUT2D eigenvalue weighted by atomic mass is 35.5. The molecule has 280 valence electrons. The molecule has 0 aliphatic carbocycles. The van der Waals surface area contributed by atoms with Crippen LogP contribution in [0.2, 0.25) is 10.0 Å². The van der Waals surface area contributed by atoms with Gasteiger partial charge in [-0.3, -0.25) is 18.6 Å². The molecule has 12 nitrogen and oxygen atoms in total. The van der Waals surface area contributed by atoms with Crippen LogP contribution in [0, 0.1) is 0 Å². The van der Waals surface area contributed by atoms with Crippen molar-refractivity contribution in [3.05, 3.63) is 128 Å². The molecule has 6 heterocycles. The summed E-state index contributed by atoms with van der Waals surface area (Å²) < 4.78 is 358. The number of H-pyrrole nitrogens is 1. The zero-order chi connectivity index (χ0) is 76.0.